The van der Waals surface area contributed by atoms with Gasteiger partial charge in [0, 0.05) is 24.0 Å². The van der Waals surface area contributed by atoms with Crippen LogP contribution in [0.3, 0.4) is 0 Å². The molecule has 4 nitrogen and oxygen atoms in total. The van der Waals surface area contributed by atoms with Crippen molar-refractivity contribution in [3.63, 3.8) is 0 Å². The average Bonchev–Trinajstić information content (AvgIpc) is 3.02. The summed E-state index contributed by atoms with van der Waals surface area (Å²) in [6, 6.07) is 2.29. The molecule has 0 radical (unpaired) electrons. The van der Waals surface area contributed by atoms with Crippen LogP contribution in [0.15, 0.2) is 16.3 Å². The third-order valence-corrected chi connectivity index (χ3v) is 5.73. The number of thiophene rings is 1. The highest BCUT2D eigenvalue weighted by atomic mass is 32.2. The van der Waals surface area contributed by atoms with Gasteiger partial charge in [0.25, 0.3) is 0 Å². The van der Waals surface area contributed by atoms with E-state index in [9.17, 15) is 8.42 Å². The first-order valence-electron chi connectivity index (χ1n) is 6.78. The van der Waals surface area contributed by atoms with Crippen molar-refractivity contribution in [2.45, 2.75) is 50.6 Å². The third kappa shape index (κ3) is 4.56. The van der Waals surface area contributed by atoms with E-state index < -0.39 is 10.0 Å². The Balaban J connectivity index is 1.96. The molecule has 2 rings (SSSR count). The topological polar surface area (TPSA) is 58.2 Å². The second kappa shape index (κ2) is 6.35. The van der Waals surface area contributed by atoms with Crippen molar-refractivity contribution in [1.29, 1.82) is 0 Å². The van der Waals surface area contributed by atoms with E-state index in [2.05, 4.69) is 23.9 Å². The van der Waals surface area contributed by atoms with Crippen molar-refractivity contribution in [1.82, 2.24) is 10.0 Å². The van der Waals surface area contributed by atoms with Gasteiger partial charge in [-0.15, -0.1) is 11.3 Å². The van der Waals surface area contributed by atoms with E-state index in [1.165, 1.54) is 24.2 Å². The van der Waals surface area contributed by atoms with E-state index in [-0.39, 0.29) is 0 Å². The molecule has 6 heteroatoms. The van der Waals surface area contributed by atoms with Gasteiger partial charge in [-0.1, -0.05) is 13.8 Å². The smallest absolute Gasteiger partial charge is 0.241 e. The fourth-order valence-corrected chi connectivity index (χ4v) is 4.22. The van der Waals surface area contributed by atoms with E-state index >= 15 is 0 Å². The zero-order chi connectivity index (χ0) is 13.9. The molecule has 2 N–H and O–H groups in total. The number of hydrogen-bond donors (Lipinski definition) is 2. The molecule has 1 heterocycles. The van der Waals surface area contributed by atoms with Gasteiger partial charge in [-0.05, 0) is 36.6 Å². The van der Waals surface area contributed by atoms with Gasteiger partial charge < -0.3 is 5.32 Å². The van der Waals surface area contributed by atoms with Crippen molar-refractivity contribution in [2.75, 3.05) is 6.54 Å². The lowest BCUT2D eigenvalue weighted by atomic mass is 10.1. The highest BCUT2D eigenvalue weighted by molar-refractivity contribution is 7.89. The van der Waals surface area contributed by atoms with Crippen molar-refractivity contribution in [3.8, 4) is 0 Å². The fraction of sp³-hybridized carbons (Fsp3) is 0.692. The van der Waals surface area contributed by atoms with Crippen molar-refractivity contribution in [2.24, 2.45) is 5.92 Å². The van der Waals surface area contributed by atoms with Crippen LogP contribution in [0.5, 0.6) is 0 Å². The summed E-state index contributed by atoms with van der Waals surface area (Å²) in [7, 11) is -3.35. The van der Waals surface area contributed by atoms with Crippen LogP contribution in [0.2, 0.25) is 0 Å². The molecule has 1 saturated carbocycles. The van der Waals surface area contributed by atoms with E-state index in [4.69, 9.17) is 0 Å². The van der Waals surface area contributed by atoms with E-state index in [0.717, 1.165) is 11.3 Å². The average molecular weight is 302 g/mol. The Morgan fingerprint density at radius 3 is 2.79 bits per heavy atom. The molecule has 0 spiro atoms. The Morgan fingerprint density at radius 1 is 1.42 bits per heavy atom. The fourth-order valence-electron chi connectivity index (χ4n) is 1.78. The molecule has 0 unspecified atom stereocenters. The second-order valence-electron chi connectivity index (χ2n) is 5.44. The van der Waals surface area contributed by atoms with Crippen molar-refractivity contribution >= 4 is 21.4 Å². The van der Waals surface area contributed by atoms with Crippen LogP contribution in [0.25, 0.3) is 0 Å². The molecule has 0 amide bonds. The lowest BCUT2D eigenvalue weighted by molar-refractivity contribution is 0.550. The van der Waals surface area contributed by atoms with Gasteiger partial charge in [0.15, 0.2) is 0 Å². The summed E-state index contributed by atoms with van der Waals surface area (Å²) >= 11 is 1.50. The van der Waals surface area contributed by atoms with Crippen molar-refractivity contribution < 1.29 is 8.42 Å². The molecule has 1 aliphatic carbocycles. The molecule has 0 bridgehead atoms. The minimum atomic E-state index is -3.35. The molecule has 1 aromatic rings. The Bertz CT molecular complexity index is 504. The molecule has 1 aliphatic rings. The maximum Gasteiger partial charge on any atom is 0.241 e. The Morgan fingerprint density at radius 2 is 2.16 bits per heavy atom. The van der Waals surface area contributed by atoms with Crippen LogP contribution in [0, 0.1) is 5.92 Å². The summed E-state index contributed by atoms with van der Waals surface area (Å²) in [6.07, 6.45) is 3.28. The Kier molecular flexibility index (Phi) is 5.00. The first-order chi connectivity index (χ1) is 8.99. The third-order valence-electron chi connectivity index (χ3n) is 3.14. The second-order valence-corrected chi connectivity index (χ2v) is 8.18. The van der Waals surface area contributed by atoms with E-state index in [0.29, 0.717) is 29.9 Å². The predicted molar refractivity (Wildman–Crippen MR) is 78.8 cm³/mol. The molecule has 0 atom stereocenters. The standard InChI is InChI=1S/C13H22N2O2S2/c1-10(2)5-7-15-19(16,17)13-6-8-18-12(13)9-14-11-3-4-11/h6,8,10-11,14-15H,3-5,7,9H2,1-2H3. The van der Waals surface area contributed by atoms with Gasteiger partial charge in [-0.2, -0.15) is 0 Å². The van der Waals surface area contributed by atoms with E-state index in [1.807, 2.05) is 5.38 Å². The molecule has 1 aromatic heterocycles. The van der Waals surface area contributed by atoms with Gasteiger partial charge >= 0.3 is 0 Å². The quantitative estimate of drug-likeness (QED) is 0.775. The summed E-state index contributed by atoms with van der Waals surface area (Å²) in [6.45, 7) is 5.34. The predicted octanol–water partition coefficient (Wildman–Crippen LogP) is 2.32. The number of sulfonamides is 1. The summed E-state index contributed by atoms with van der Waals surface area (Å²) in [4.78, 5) is 1.35. The highest BCUT2D eigenvalue weighted by Gasteiger charge is 2.23. The Labute approximate surface area is 119 Å². The monoisotopic (exact) mass is 302 g/mol. The summed E-state index contributed by atoms with van der Waals surface area (Å²) in [5.74, 6) is 0.501. The maximum absolute atomic E-state index is 12.2. The maximum atomic E-state index is 12.2. The van der Waals surface area contributed by atoms with Gasteiger partial charge in [0.1, 0.15) is 0 Å². The van der Waals surface area contributed by atoms with Crippen LogP contribution in [0.1, 0.15) is 38.0 Å². The van der Waals surface area contributed by atoms with Gasteiger partial charge in [-0.3, -0.25) is 0 Å². The van der Waals surface area contributed by atoms with Crippen LogP contribution in [-0.4, -0.2) is 21.0 Å². The minimum Gasteiger partial charge on any atom is -0.309 e. The van der Waals surface area contributed by atoms with Gasteiger partial charge in [0.05, 0.1) is 4.90 Å². The molecule has 0 aliphatic heterocycles. The zero-order valence-corrected chi connectivity index (χ0v) is 13.1. The van der Waals surface area contributed by atoms with E-state index in [1.54, 1.807) is 6.07 Å². The largest absolute Gasteiger partial charge is 0.309 e. The first kappa shape index (κ1) is 15.0. The van der Waals surface area contributed by atoms with Crippen LogP contribution in [0.4, 0.5) is 0 Å². The minimum absolute atomic E-state index is 0.439. The lowest BCUT2D eigenvalue weighted by Crippen LogP contribution is -2.27. The summed E-state index contributed by atoms with van der Waals surface area (Å²) in [5.41, 5.74) is 0. The highest BCUT2D eigenvalue weighted by Crippen LogP contribution is 2.24. The molecular formula is C13H22N2O2S2. The molecule has 108 valence electrons. The SMILES string of the molecule is CC(C)CCNS(=O)(=O)c1ccsc1CNC1CC1. The summed E-state index contributed by atoms with van der Waals surface area (Å²) < 4.78 is 27.1. The number of nitrogens with one attached hydrogen (secondary N) is 2. The zero-order valence-electron chi connectivity index (χ0n) is 11.5. The van der Waals surface area contributed by atoms with Gasteiger partial charge in [0.2, 0.25) is 10.0 Å². The summed E-state index contributed by atoms with van der Waals surface area (Å²) in [5, 5.41) is 5.21. The van der Waals surface area contributed by atoms with Gasteiger partial charge in [-0.25, -0.2) is 13.1 Å². The van der Waals surface area contributed by atoms with Crippen LogP contribution < -0.4 is 10.0 Å². The molecular weight excluding hydrogens is 280 g/mol. The molecule has 0 aromatic carbocycles. The van der Waals surface area contributed by atoms with Crippen LogP contribution in [-0.2, 0) is 16.6 Å². The molecule has 0 saturated heterocycles. The lowest BCUT2D eigenvalue weighted by Gasteiger charge is -2.09. The first-order valence-corrected chi connectivity index (χ1v) is 9.15. The normalized spacial score (nSPS) is 16.2. The number of rotatable bonds is 8. The Hall–Kier alpha value is -0.430. The number of hydrogen-bond acceptors (Lipinski definition) is 4. The molecule has 19 heavy (non-hydrogen) atoms. The van der Waals surface area contributed by atoms with Crippen LogP contribution >= 0.6 is 11.3 Å². The molecule has 1 fully saturated rings. The van der Waals surface area contributed by atoms with Crippen molar-refractivity contribution in [3.05, 3.63) is 16.3 Å².